The fraction of sp³-hybridized carbons (Fsp3) is 0.462. The number of amides is 1. The van der Waals surface area contributed by atoms with Crippen LogP contribution in [-0.2, 0) is 4.74 Å². The number of ether oxygens (including phenoxy) is 1. The lowest BCUT2D eigenvalue weighted by Gasteiger charge is -2.19. The van der Waals surface area contributed by atoms with E-state index in [-0.39, 0.29) is 18.8 Å². The Morgan fingerprint density at radius 3 is 2.62 bits per heavy atom. The van der Waals surface area contributed by atoms with E-state index in [4.69, 9.17) is 4.74 Å². The van der Waals surface area contributed by atoms with Crippen LogP contribution < -0.4 is 10.6 Å². The number of benzene rings is 1. The first-order valence-electron chi connectivity index (χ1n) is 6.34. The molecule has 0 aromatic heterocycles. The van der Waals surface area contributed by atoms with Crippen molar-refractivity contribution >= 4 is 17.5 Å². The van der Waals surface area contributed by atoms with Gasteiger partial charge in [-0.05, 0) is 26.8 Å². The highest BCUT2D eigenvalue weighted by atomic mass is 19.1. The van der Waals surface area contributed by atoms with Crippen molar-refractivity contribution in [2.45, 2.75) is 26.4 Å². The van der Waals surface area contributed by atoms with Crippen molar-refractivity contribution in [3.8, 4) is 0 Å². The second-order valence-electron chi connectivity index (χ2n) is 5.25. The summed E-state index contributed by atoms with van der Waals surface area (Å²) < 4.78 is 18.7. The van der Waals surface area contributed by atoms with Crippen molar-refractivity contribution in [1.82, 2.24) is 5.32 Å². The molecule has 1 aromatic carbocycles. The van der Waals surface area contributed by atoms with Gasteiger partial charge in [0, 0.05) is 19.2 Å². The summed E-state index contributed by atoms with van der Waals surface area (Å²) in [4.78, 5) is 21.2. The minimum absolute atomic E-state index is 0.00943. The molecule has 0 aliphatic rings. The molecule has 0 atom stereocenters. The first kappa shape index (κ1) is 16.7. The van der Waals surface area contributed by atoms with Crippen molar-refractivity contribution in [2.75, 3.05) is 18.4 Å². The molecule has 0 fully saturated rings. The molecule has 0 spiro atoms. The molecule has 1 aromatic rings. The molecule has 0 saturated heterocycles. The minimum Gasteiger partial charge on any atom is -0.444 e. The van der Waals surface area contributed by atoms with E-state index in [1.54, 1.807) is 20.8 Å². The molecule has 21 heavy (non-hydrogen) atoms. The molecule has 0 aliphatic carbocycles. The number of hydrogen-bond donors (Lipinski definition) is 2. The third kappa shape index (κ3) is 5.64. The van der Waals surface area contributed by atoms with Gasteiger partial charge in [0.15, 0.2) is 0 Å². The zero-order valence-electron chi connectivity index (χ0n) is 12.1. The number of nitrogens with zero attached hydrogens (tertiary/aromatic N) is 1. The first-order valence-corrected chi connectivity index (χ1v) is 6.34. The first-order chi connectivity index (χ1) is 9.70. The summed E-state index contributed by atoms with van der Waals surface area (Å²) in [5, 5.41) is 15.8. The van der Waals surface area contributed by atoms with Crippen LogP contribution in [0, 0.1) is 15.9 Å². The van der Waals surface area contributed by atoms with Crippen LogP contribution in [0.25, 0.3) is 0 Å². The van der Waals surface area contributed by atoms with Gasteiger partial charge in [0.2, 0.25) is 5.82 Å². The van der Waals surface area contributed by atoms with Crippen molar-refractivity contribution in [1.29, 1.82) is 0 Å². The fourth-order valence-electron chi connectivity index (χ4n) is 1.47. The van der Waals surface area contributed by atoms with E-state index in [0.717, 1.165) is 6.07 Å². The molecule has 0 radical (unpaired) electrons. The third-order valence-electron chi connectivity index (χ3n) is 2.28. The minimum atomic E-state index is -0.931. The lowest BCUT2D eigenvalue weighted by molar-refractivity contribution is -0.387. The Morgan fingerprint density at radius 1 is 1.38 bits per heavy atom. The summed E-state index contributed by atoms with van der Waals surface area (Å²) in [7, 11) is 0. The van der Waals surface area contributed by atoms with Gasteiger partial charge >= 0.3 is 11.8 Å². The molecule has 116 valence electrons. The molecule has 0 aliphatic heterocycles. The van der Waals surface area contributed by atoms with Gasteiger partial charge < -0.3 is 15.4 Å². The van der Waals surface area contributed by atoms with E-state index >= 15 is 0 Å². The van der Waals surface area contributed by atoms with E-state index in [0.29, 0.717) is 0 Å². The Hall–Kier alpha value is -2.38. The smallest absolute Gasteiger partial charge is 0.407 e. The number of nitro benzene ring substituents is 1. The van der Waals surface area contributed by atoms with Gasteiger partial charge in [-0.1, -0.05) is 6.07 Å². The van der Waals surface area contributed by atoms with E-state index in [1.165, 1.54) is 12.1 Å². The molecule has 1 rings (SSSR count). The van der Waals surface area contributed by atoms with Gasteiger partial charge in [-0.3, -0.25) is 10.1 Å². The van der Waals surface area contributed by atoms with E-state index < -0.39 is 28.1 Å². The van der Waals surface area contributed by atoms with Gasteiger partial charge in [-0.25, -0.2) is 4.79 Å². The van der Waals surface area contributed by atoms with Crippen molar-refractivity contribution in [2.24, 2.45) is 0 Å². The van der Waals surface area contributed by atoms with Crippen LogP contribution in [-0.4, -0.2) is 29.7 Å². The predicted molar refractivity (Wildman–Crippen MR) is 75.8 cm³/mol. The highest BCUT2D eigenvalue weighted by Gasteiger charge is 2.17. The normalized spacial score (nSPS) is 10.9. The number of nitro groups is 1. The van der Waals surface area contributed by atoms with Gasteiger partial charge in [-0.2, -0.15) is 4.39 Å². The quantitative estimate of drug-likeness (QED) is 0.495. The number of rotatable bonds is 5. The third-order valence-corrected chi connectivity index (χ3v) is 2.28. The monoisotopic (exact) mass is 299 g/mol. The maximum atomic E-state index is 13.7. The number of alkyl carbamates (subject to hydrolysis) is 1. The van der Waals surface area contributed by atoms with Crippen LogP contribution >= 0.6 is 0 Å². The fourth-order valence-corrected chi connectivity index (χ4v) is 1.47. The summed E-state index contributed by atoms with van der Waals surface area (Å²) in [5.74, 6) is -0.931. The second-order valence-corrected chi connectivity index (χ2v) is 5.25. The summed E-state index contributed by atoms with van der Waals surface area (Å²) in [6.45, 7) is 5.62. The molecule has 0 saturated carbocycles. The summed E-state index contributed by atoms with van der Waals surface area (Å²) in [6, 6.07) is 3.85. The molecule has 0 bridgehead atoms. The second kappa shape index (κ2) is 6.87. The zero-order valence-corrected chi connectivity index (χ0v) is 12.1. The lowest BCUT2D eigenvalue weighted by atomic mass is 10.2. The average Bonchev–Trinajstić information content (AvgIpc) is 2.33. The van der Waals surface area contributed by atoms with Gasteiger partial charge in [0.05, 0.1) is 10.6 Å². The summed E-state index contributed by atoms with van der Waals surface area (Å²) >= 11 is 0. The number of nitrogens with one attached hydrogen (secondary N) is 2. The van der Waals surface area contributed by atoms with E-state index in [2.05, 4.69) is 10.6 Å². The van der Waals surface area contributed by atoms with Crippen molar-refractivity contribution in [3.05, 3.63) is 34.1 Å². The number of halogens is 1. The topological polar surface area (TPSA) is 93.5 Å². The van der Waals surface area contributed by atoms with Crippen LogP contribution in [0.3, 0.4) is 0 Å². The maximum absolute atomic E-state index is 13.7. The maximum Gasteiger partial charge on any atom is 0.407 e. The predicted octanol–water partition coefficient (Wildman–Crippen LogP) is 2.67. The standard InChI is InChI=1S/C13H18FN3O4/c1-13(2,3)21-12(18)16-8-7-15-9-5-4-6-10(11(9)14)17(19)20/h4-6,15H,7-8H2,1-3H3,(H,16,18). The Morgan fingerprint density at radius 2 is 2.05 bits per heavy atom. The molecular weight excluding hydrogens is 281 g/mol. The number of carbonyl (C=O) groups is 1. The Labute approximate surface area is 121 Å². The number of anilines is 1. The molecule has 2 N–H and O–H groups in total. The molecule has 0 heterocycles. The Bertz CT molecular complexity index is 529. The molecule has 7 nitrogen and oxygen atoms in total. The van der Waals surface area contributed by atoms with Crippen molar-refractivity contribution < 1.29 is 18.8 Å². The van der Waals surface area contributed by atoms with Gasteiger partial charge in [0.25, 0.3) is 0 Å². The van der Waals surface area contributed by atoms with Crippen LogP contribution in [0.1, 0.15) is 20.8 Å². The summed E-state index contributed by atoms with van der Waals surface area (Å²) in [5.41, 5.74) is -1.18. The highest BCUT2D eigenvalue weighted by Crippen LogP contribution is 2.23. The van der Waals surface area contributed by atoms with E-state index in [1.807, 2.05) is 0 Å². The molecule has 0 unspecified atom stereocenters. The summed E-state index contributed by atoms with van der Waals surface area (Å²) in [6.07, 6.45) is -0.580. The van der Waals surface area contributed by atoms with Gasteiger partial charge in [-0.15, -0.1) is 0 Å². The lowest BCUT2D eigenvalue weighted by Crippen LogP contribution is -2.35. The van der Waals surface area contributed by atoms with Gasteiger partial charge in [0.1, 0.15) is 5.60 Å². The molecular formula is C13H18FN3O4. The number of hydrogen-bond acceptors (Lipinski definition) is 5. The average molecular weight is 299 g/mol. The zero-order chi connectivity index (χ0) is 16.0. The van der Waals surface area contributed by atoms with Crippen LogP contribution in [0.4, 0.5) is 20.6 Å². The highest BCUT2D eigenvalue weighted by molar-refractivity contribution is 5.67. The number of carbonyl (C=O) groups excluding carboxylic acids is 1. The van der Waals surface area contributed by atoms with Crippen molar-refractivity contribution in [3.63, 3.8) is 0 Å². The SMILES string of the molecule is CC(C)(C)OC(=O)NCCNc1cccc([N+](=O)[O-])c1F. The van der Waals surface area contributed by atoms with E-state index in [9.17, 15) is 19.3 Å². The Balaban J connectivity index is 2.45. The largest absolute Gasteiger partial charge is 0.444 e. The van der Waals surface area contributed by atoms with Crippen LogP contribution in [0.2, 0.25) is 0 Å². The molecule has 8 heteroatoms. The molecule has 1 amide bonds. The van der Waals surface area contributed by atoms with Crippen LogP contribution in [0.15, 0.2) is 18.2 Å². The Kier molecular flexibility index (Phi) is 5.45. The van der Waals surface area contributed by atoms with Crippen LogP contribution in [0.5, 0.6) is 0 Å².